The topological polar surface area (TPSA) is 46.6 Å². The molecule has 0 N–H and O–H groups in total. The maximum absolute atomic E-state index is 12.6. The van der Waals surface area contributed by atoms with Gasteiger partial charge in [0.15, 0.2) is 6.61 Å². The number of hydrogen-bond donors (Lipinski definition) is 0. The summed E-state index contributed by atoms with van der Waals surface area (Å²) in [5.74, 6) is 0.406. The lowest BCUT2D eigenvalue weighted by atomic mass is 9.92. The van der Waals surface area contributed by atoms with Crippen molar-refractivity contribution in [3.63, 3.8) is 0 Å². The number of carbonyl (C=O) groups is 2. The molecule has 1 saturated heterocycles. The van der Waals surface area contributed by atoms with Gasteiger partial charge in [-0.3, -0.25) is 4.79 Å². The summed E-state index contributed by atoms with van der Waals surface area (Å²) in [7, 11) is 0. The number of rotatable bonds is 5. The third-order valence-corrected chi connectivity index (χ3v) is 6.11. The summed E-state index contributed by atoms with van der Waals surface area (Å²) >= 11 is 3.04. The van der Waals surface area contributed by atoms with Crippen LogP contribution in [0.25, 0.3) is 11.6 Å². The number of amides is 1. The van der Waals surface area contributed by atoms with Crippen molar-refractivity contribution in [2.24, 2.45) is 11.8 Å². The summed E-state index contributed by atoms with van der Waals surface area (Å²) < 4.78 is 5.38. The molecule has 2 atom stereocenters. The number of likely N-dealkylation sites (tertiary alicyclic amines) is 1. The summed E-state index contributed by atoms with van der Waals surface area (Å²) in [6.45, 7) is 5.58. The van der Waals surface area contributed by atoms with Crippen LogP contribution in [-0.2, 0) is 14.3 Å². The highest BCUT2D eigenvalue weighted by molar-refractivity contribution is 7.12. The van der Waals surface area contributed by atoms with Crippen LogP contribution in [0.2, 0.25) is 0 Å². The number of nitrogens with zero attached hydrogens (tertiary/aromatic N) is 1. The first-order valence-electron chi connectivity index (χ1n) is 8.77. The first-order valence-corrected chi connectivity index (χ1v) is 10.5. The van der Waals surface area contributed by atoms with Crippen LogP contribution in [0.1, 0.15) is 30.0 Å². The van der Waals surface area contributed by atoms with Crippen LogP contribution in [0.3, 0.4) is 0 Å². The molecule has 2 aromatic rings. The van der Waals surface area contributed by atoms with E-state index in [1.807, 2.05) is 46.0 Å². The molecule has 2 aromatic heterocycles. The lowest BCUT2D eigenvalue weighted by molar-refractivity contribution is -0.148. The van der Waals surface area contributed by atoms with Crippen LogP contribution in [0.15, 0.2) is 35.0 Å². The zero-order valence-electron chi connectivity index (χ0n) is 15.0. The standard InChI is InChI=1S/C20H23NO3S2/c1-14-9-15(2)12-21(11-14)19(22)13-24-20(23)17(18-6-4-8-26-18)10-16-5-3-7-25-16/h3-8,10,14-15H,9,11-13H2,1-2H3/b17-10+/t14-,15-/m0/s1. The zero-order chi connectivity index (χ0) is 18.5. The maximum Gasteiger partial charge on any atom is 0.340 e. The molecule has 26 heavy (non-hydrogen) atoms. The van der Waals surface area contributed by atoms with Crippen molar-refractivity contribution >= 4 is 46.2 Å². The molecule has 1 amide bonds. The van der Waals surface area contributed by atoms with Gasteiger partial charge in [-0.2, -0.15) is 0 Å². The second-order valence-corrected chi connectivity index (χ2v) is 8.80. The summed E-state index contributed by atoms with van der Waals surface area (Å²) in [5, 5.41) is 3.89. The predicted molar refractivity (Wildman–Crippen MR) is 107 cm³/mol. The average Bonchev–Trinajstić information content (AvgIpc) is 3.29. The Labute approximate surface area is 162 Å². The van der Waals surface area contributed by atoms with Crippen LogP contribution in [0, 0.1) is 11.8 Å². The number of esters is 1. The Morgan fingerprint density at radius 1 is 1.15 bits per heavy atom. The van der Waals surface area contributed by atoms with Gasteiger partial charge in [-0.25, -0.2) is 4.79 Å². The minimum Gasteiger partial charge on any atom is -0.452 e. The molecule has 0 aromatic carbocycles. The predicted octanol–water partition coefficient (Wildman–Crippen LogP) is 4.40. The van der Waals surface area contributed by atoms with Crippen molar-refractivity contribution in [1.82, 2.24) is 4.90 Å². The molecule has 3 rings (SSSR count). The smallest absolute Gasteiger partial charge is 0.340 e. The highest BCUT2D eigenvalue weighted by atomic mass is 32.1. The molecular formula is C20H23NO3S2. The molecule has 1 aliphatic rings. The van der Waals surface area contributed by atoms with Gasteiger partial charge in [-0.05, 0) is 47.2 Å². The van der Waals surface area contributed by atoms with E-state index in [1.165, 1.54) is 11.3 Å². The Kier molecular flexibility index (Phi) is 6.27. The van der Waals surface area contributed by atoms with E-state index < -0.39 is 5.97 Å². The normalized spacial score (nSPS) is 20.8. The minimum absolute atomic E-state index is 0.113. The van der Waals surface area contributed by atoms with Gasteiger partial charge in [-0.15, -0.1) is 22.7 Å². The van der Waals surface area contributed by atoms with Crippen LogP contribution < -0.4 is 0 Å². The van der Waals surface area contributed by atoms with Crippen LogP contribution >= 0.6 is 22.7 Å². The zero-order valence-corrected chi connectivity index (χ0v) is 16.6. The van der Waals surface area contributed by atoms with Gasteiger partial charge in [0.05, 0.1) is 5.57 Å². The van der Waals surface area contributed by atoms with Crippen LogP contribution in [0.4, 0.5) is 0 Å². The second kappa shape index (κ2) is 8.64. The molecule has 4 nitrogen and oxygen atoms in total. The second-order valence-electron chi connectivity index (χ2n) is 6.87. The monoisotopic (exact) mass is 389 g/mol. The van der Waals surface area contributed by atoms with Crippen molar-refractivity contribution < 1.29 is 14.3 Å². The molecule has 6 heteroatoms. The van der Waals surface area contributed by atoms with E-state index in [0.717, 1.165) is 29.3 Å². The van der Waals surface area contributed by atoms with Gasteiger partial charge in [0, 0.05) is 22.8 Å². The molecule has 0 bridgehead atoms. The molecule has 0 unspecified atom stereocenters. The SMILES string of the molecule is C[C@H]1C[C@H](C)CN(C(=O)COC(=O)/C(=C/c2cccs2)c2cccs2)C1. The van der Waals surface area contributed by atoms with Gasteiger partial charge in [0.25, 0.3) is 5.91 Å². The fourth-order valence-corrected chi connectivity index (χ4v) is 4.73. The lowest BCUT2D eigenvalue weighted by Gasteiger charge is -2.34. The Bertz CT molecular complexity index is 755. The molecule has 1 aliphatic heterocycles. The van der Waals surface area contributed by atoms with Crippen LogP contribution in [-0.4, -0.2) is 36.5 Å². The number of piperidine rings is 1. The third-order valence-electron chi connectivity index (χ3n) is 4.38. The number of carbonyl (C=O) groups excluding carboxylic acids is 2. The van der Waals surface area contributed by atoms with Gasteiger partial charge in [-0.1, -0.05) is 26.0 Å². The van der Waals surface area contributed by atoms with E-state index in [9.17, 15) is 9.59 Å². The van der Waals surface area contributed by atoms with E-state index in [4.69, 9.17) is 4.74 Å². The van der Waals surface area contributed by atoms with Crippen molar-refractivity contribution in [2.45, 2.75) is 20.3 Å². The molecule has 3 heterocycles. The van der Waals surface area contributed by atoms with Crippen molar-refractivity contribution in [2.75, 3.05) is 19.7 Å². The van der Waals surface area contributed by atoms with Gasteiger partial charge >= 0.3 is 5.97 Å². The number of ether oxygens (including phenoxy) is 1. The number of hydrogen-bond acceptors (Lipinski definition) is 5. The van der Waals surface area contributed by atoms with Crippen LogP contribution in [0.5, 0.6) is 0 Å². The Morgan fingerprint density at radius 3 is 2.46 bits per heavy atom. The largest absolute Gasteiger partial charge is 0.452 e. The lowest BCUT2D eigenvalue weighted by Crippen LogP contribution is -2.44. The Balaban J connectivity index is 1.66. The van der Waals surface area contributed by atoms with E-state index >= 15 is 0 Å². The van der Waals surface area contributed by atoms with Crippen molar-refractivity contribution in [1.29, 1.82) is 0 Å². The van der Waals surface area contributed by atoms with E-state index in [-0.39, 0.29) is 12.5 Å². The van der Waals surface area contributed by atoms with Crippen molar-refractivity contribution in [3.05, 3.63) is 44.8 Å². The molecule has 0 spiro atoms. The minimum atomic E-state index is -0.452. The maximum atomic E-state index is 12.6. The van der Waals surface area contributed by atoms with E-state index in [1.54, 1.807) is 11.3 Å². The van der Waals surface area contributed by atoms with E-state index in [2.05, 4.69) is 13.8 Å². The summed E-state index contributed by atoms with van der Waals surface area (Å²) in [4.78, 5) is 28.7. The molecule has 138 valence electrons. The fraction of sp³-hybridized carbons (Fsp3) is 0.400. The highest BCUT2D eigenvalue weighted by Crippen LogP contribution is 2.26. The van der Waals surface area contributed by atoms with Gasteiger partial charge in [0.2, 0.25) is 0 Å². The average molecular weight is 390 g/mol. The third kappa shape index (κ3) is 4.83. The molecular weight excluding hydrogens is 366 g/mol. The molecule has 0 radical (unpaired) electrons. The molecule has 0 saturated carbocycles. The first kappa shape index (κ1) is 18.9. The quantitative estimate of drug-likeness (QED) is 0.562. The Hall–Kier alpha value is -1.92. The van der Waals surface area contributed by atoms with Crippen molar-refractivity contribution in [3.8, 4) is 0 Å². The van der Waals surface area contributed by atoms with E-state index in [0.29, 0.717) is 17.4 Å². The van der Waals surface area contributed by atoms with Gasteiger partial charge < -0.3 is 9.64 Å². The highest BCUT2D eigenvalue weighted by Gasteiger charge is 2.26. The fourth-order valence-electron chi connectivity index (χ4n) is 3.34. The first-order chi connectivity index (χ1) is 12.5. The van der Waals surface area contributed by atoms with Gasteiger partial charge in [0.1, 0.15) is 0 Å². The number of thiophene rings is 2. The summed E-state index contributed by atoms with van der Waals surface area (Å²) in [6, 6.07) is 7.68. The Morgan fingerprint density at radius 2 is 1.85 bits per heavy atom. The summed E-state index contributed by atoms with van der Waals surface area (Å²) in [5.41, 5.74) is 0.496. The molecule has 1 fully saturated rings. The summed E-state index contributed by atoms with van der Waals surface area (Å²) in [6.07, 6.45) is 2.96. The molecule has 0 aliphatic carbocycles.